The molecule has 0 amide bonds. The van der Waals surface area contributed by atoms with E-state index < -0.39 is 17.9 Å². The molecule has 5 heteroatoms. The third kappa shape index (κ3) is 3.95. The third-order valence-electron chi connectivity index (χ3n) is 11.7. The molecule has 3 fully saturated rings. The van der Waals surface area contributed by atoms with Crippen molar-refractivity contribution in [2.75, 3.05) is 0 Å². The highest BCUT2D eigenvalue weighted by Gasteiger charge is 2.65. The molecule has 3 saturated carbocycles. The summed E-state index contributed by atoms with van der Waals surface area (Å²) in [4.78, 5) is 25.1. The third-order valence-corrected chi connectivity index (χ3v) is 11.7. The van der Waals surface area contributed by atoms with Crippen LogP contribution in [0.25, 0.3) is 0 Å². The second-order valence-electron chi connectivity index (χ2n) is 13.1. The molecule has 0 bridgehead atoms. The summed E-state index contributed by atoms with van der Waals surface area (Å²) in [6.07, 6.45) is 8.96. The number of carbonyl (C=O) groups is 2. The Labute approximate surface area is 221 Å². The maximum Gasteiger partial charge on any atom is 0.337 e. The van der Waals surface area contributed by atoms with Crippen molar-refractivity contribution in [3.63, 3.8) is 0 Å². The Bertz CT molecular complexity index is 1110. The van der Waals surface area contributed by atoms with E-state index in [1.807, 2.05) is 26.0 Å². The van der Waals surface area contributed by atoms with Crippen LogP contribution in [-0.4, -0.2) is 27.8 Å². The molecule has 0 heterocycles. The van der Waals surface area contributed by atoms with Crippen LogP contribution in [0.1, 0.15) is 103 Å². The van der Waals surface area contributed by atoms with Crippen LogP contribution in [0.15, 0.2) is 35.9 Å². The molecular weight excluding hydrogens is 464 g/mol. The average Bonchev–Trinajstić information content (AvgIpc) is 3.17. The van der Waals surface area contributed by atoms with E-state index in [9.17, 15) is 19.8 Å². The van der Waals surface area contributed by atoms with Gasteiger partial charge in [0.2, 0.25) is 0 Å². The minimum absolute atomic E-state index is 0.0178. The van der Waals surface area contributed by atoms with Crippen molar-refractivity contribution in [1.82, 2.24) is 0 Å². The van der Waals surface area contributed by atoms with Gasteiger partial charge in [-0.3, -0.25) is 4.79 Å². The van der Waals surface area contributed by atoms with E-state index in [0.717, 1.165) is 50.5 Å². The molecule has 5 nitrogen and oxygen atoms in total. The number of allylic oxidation sites excluding steroid dienone is 1. The van der Waals surface area contributed by atoms with Crippen molar-refractivity contribution in [3.8, 4) is 0 Å². The maximum absolute atomic E-state index is 12.9. The second-order valence-corrected chi connectivity index (χ2v) is 13.1. The number of ether oxygens (including phenoxy) is 1. The molecule has 8 atom stereocenters. The summed E-state index contributed by atoms with van der Waals surface area (Å²) in [5.74, 6) is -0.554. The van der Waals surface area contributed by atoms with E-state index >= 15 is 0 Å². The monoisotopic (exact) mass is 508 g/mol. The van der Waals surface area contributed by atoms with Crippen LogP contribution >= 0.6 is 0 Å². The molecule has 202 valence electrons. The highest BCUT2D eigenvalue weighted by molar-refractivity contribution is 5.83. The van der Waals surface area contributed by atoms with Crippen molar-refractivity contribution in [2.24, 2.45) is 34.0 Å². The van der Waals surface area contributed by atoms with E-state index in [2.05, 4.69) is 26.8 Å². The number of fused-ring (bicyclic) bond motifs is 5. The molecular formula is C32H44O5. The molecule has 5 rings (SSSR count). The van der Waals surface area contributed by atoms with Crippen LogP contribution in [0.3, 0.4) is 0 Å². The lowest BCUT2D eigenvalue weighted by Gasteiger charge is -2.60. The molecule has 4 aliphatic rings. The number of rotatable bonds is 6. The van der Waals surface area contributed by atoms with E-state index in [4.69, 9.17) is 4.74 Å². The first-order chi connectivity index (χ1) is 17.4. The summed E-state index contributed by atoms with van der Waals surface area (Å²) >= 11 is 0. The van der Waals surface area contributed by atoms with Crippen molar-refractivity contribution in [1.29, 1.82) is 0 Å². The van der Waals surface area contributed by atoms with Gasteiger partial charge in [0.15, 0.2) is 11.9 Å². The second kappa shape index (κ2) is 9.05. The average molecular weight is 509 g/mol. The SMILES string of the molecule is CC[C@]1(C(C)=O)CC[C@H]2[C@@H]3CC=C4C[C@](O)(OC(C(=O)O)c5ccc(C)cc5)CC[C@]4(C)[C@H]3CC[C@@]21C. The van der Waals surface area contributed by atoms with Crippen LogP contribution < -0.4 is 0 Å². The van der Waals surface area contributed by atoms with Crippen molar-refractivity contribution < 1.29 is 24.5 Å². The standard InChI is InChI=1S/C32H44O5/c1-6-31(21(3)33)16-14-26-24-12-11-23-19-32(36,18-17-29(23,4)25(24)13-15-30(26,31)5)37-27(28(34)35)22-9-7-20(2)8-10-22/h7-11,24-27,36H,6,12-19H2,1-5H3,(H,34,35)/t24-,25+,26+,27?,29+,30+,31-,32-/m1/s1. The number of Topliss-reactive ketones (excluding diaryl/α,β-unsaturated/α-hetero) is 1. The smallest absolute Gasteiger partial charge is 0.337 e. The lowest BCUT2D eigenvalue weighted by atomic mass is 9.45. The number of aliphatic hydroxyl groups is 1. The number of benzene rings is 1. The Hall–Kier alpha value is -1.98. The number of carbonyl (C=O) groups excluding carboxylic acids is 1. The Kier molecular flexibility index (Phi) is 6.51. The predicted molar refractivity (Wildman–Crippen MR) is 143 cm³/mol. The fourth-order valence-corrected chi connectivity index (χ4v) is 9.48. The number of carboxylic acid groups (broad SMARTS) is 1. The molecule has 0 radical (unpaired) electrons. The summed E-state index contributed by atoms with van der Waals surface area (Å²) in [5.41, 5.74) is 2.69. The van der Waals surface area contributed by atoms with Gasteiger partial charge in [-0.1, -0.05) is 62.2 Å². The molecule has 0 saturated heterocycles. The van der Waals surface area contributed by atoms with E-state index in [1.165, 1.54) is 5.57 Å². The lowest BCUT2D eigenvalue weighted by Crippen LogP contribution is -2.55. The molecule has 2 N–H and O–H groups in total. The first-order valence-electron chi connectivity index (χ1n) is 14.3. The van der Waals surface area contributed by atoms with E-state index in [-0.39, 0.29) is 16.2 Å². The van der Waals surface area contributed by atoms with Gasteiger partial charge in [-0.25, -0.2) is 4.79 Å². The van der Waals surface area contributed by atoms with Gasteiger partial charge >= 0.3 is 5.97 Å². The minimum Gasteiger partial charge on any atom is -0.479 e. The zero-order valence-corrected chi connectivity index (χ0v) is 23.2. The number of carboxylic acids is 1. The highest BCUT2D eigenvalue weighted by atomic mass is 16.6. The van der Waals surface area contributed by atoms with Crippen LogP contribution in [0.4, 0.5) is 0 Å². The van der Waals surface area contributed by atoms with Crippen LogP contribution in [0.5, 0.6) is 0 Å². The lowest BCUT2D eigenvalue weighted by molar-refractivity contribution is -0.252. The Balaban J connectivity index is 1.39. The number of aliphatic carboxylic acids is 1. The fraction of sp³-hybridized carbons (Fsp3) is 0.688. The quantitative estimate of drug-likeness (QED) is 0.327. The van der Waals surface area contributed by atoms with Crippen molar-refractivity contribution in [3.05, 3.63) is 47.0 Å². The van der Waals surface area contributed by atoms with Gasteiger partial charge in [0, 0.05) is 18.3 Å². The summed E-state index contributed by atoms with van der Waals surface area (Å²) in [6.45, 7) is 10.7. The van der Waals surface area contributed by atoms with E-state index in [0.29, 0.717) is 41.9 Å². The number of ketones is 1. The Morgan fingerprint density at radius 2 is 1.73 bits per heavy atom. The summed E-state index contributed by atoms with van der Waals surface area (Å²) in [6, 6.07) is 7.29. The van der Waals surface area contributed by atoms with Gasteiger partial charge in [-0.15, -0.1) is 0 Å². The van der Waals surface area contributed by atoms with Gasteiger partial charge in [-0.05, 0) is 92.9 Å². The number of hydrogen-bond acceptors (Lipinski definition) is 4. The number of hydrogen-bond donors (Lipinski definition) is 2. The Morgan fingerprint density at radius 3 is 2.35 bits per heavy atom. The fourth-order valence-electron chi connectivity index (χ4n) is 9.48. The first-order valence-corrected chi connectivity index (χ1v) is 14.3. The van der Waals surface area contributed by atoms with Gasteiger partial charge in [-0.2, -0.15) is 0 Å². The zero-order valence-electron chi connectivity index (χ0n) is 23.2. The molecule has 0 aliphatic heterocycles. The molecule has 0 aromatic heterocycles. The summed E-state index contributed by atoms with van der Waals surface area (Å²) in [7, 11) is 0. The summed E-state index contributed by atoms with van der Waals surface area (Å²) in [5, 5.41) is 21.5. The van der Waals surface area contributed by atoms with Crippen LogP contribution in [0.2, 0.25) is 0 Å². The van der Waals surface area contributed by atoms with Gasteiger partial charge in [0.05, 0.1) is 0 Å². The largest absolute Gasteiger partial charge is 0.479 e. The molecule has 1 aromatic rings. The molecule has 4 aliphatic carbocycles. The van der Waals surface area contributed by atoms with Crippen LogP contribution in [0, 0.1) is 40.9 Å². The number of aryl methyl sites for hydroxylation is 1. The molecule has 37 heavy (non-hydrogen) atoms. The summed E-state index contributed by atoms with van der Waals surface area (Å²) < 4.78 is 6.03. The van der Waals surface area contributed by atoms with Crippen molar-refractivity contribution in [2.45, 2.75) is 104 Å². The molecule has 1 unspecified atom stereocenters. The zero-order chi connectivity index (χ0) is 26.8. The minimum atomic E-state index is -1.49. The Morgan fingerprint density at radius 1 is 1.05 bits per heavy atom. The van der Waals surface area contributed by atoms with E-state index in [1.54, 1.807) is 12.1 Å². The predicted octanol–water partition coefficient (Wildman–Crippen LogP) is 6.77. The van der Waals surface area contributed by atoms with Crippen LogP contribution in [-0.2, 0) is 14.3 Å². The van der Waals surface area contributed by atoms with Crippen molar-refractivity contribution >= 4 is 11.8 Å². The first kappa shape index (κ1) is 26.6. The van der Waals surface area contributed by atoms with Gasteiger partial charge < -0.3 is 14.9 Å². The maximum atomic E-state index is 12.9. The topological polar surface area (TPSA) is 83.8 Å². The van der Waals surface area contributed by atoms with Gasteiger partial charge in [0.1, 0.15) is 5.78 Å². The highest BCUT2D eigenvalue weighted by Crippen LogP contribution is 2.70. The molecule has 1 aromatic carbocycles. The van der Waals surface area contributed by atoms with Gasteiger partial charge in [0.25, 0.3) is 0 Å². The molecule has 0 spiro atoms. The normalized spacial score (nSPS) is 41.7.